The fraction of sp³-hybridized carbons (Fsp3) is 0.165. The molecule has 0 heterocycles. The Kier molecular flexibility index (Phi) is 18.8. The molecule has 0 saturated carbocycles. The van der Waals surface area contributed by atoms with Gasteiger partial charge in [-0.05, 0) is 36.1 Å². The molecule has 0 N–H and O–H groups in total. The van der Waals surface area contributed by atoms with Gasteiger partial charge in [0.1, 0.15) is 0 Å². The van der Waals surface area contributed by atoms with Gasteiger partial charge in [-0.2, -0.15) is 0 Å². The zero-order chi connectivity index (χ0) is 59.0. The van der Waals surface area contributed by atoms with Gasteiger partial charge in [0.05, 0.1) is 0 Å². The summed E-state index contributed by atoms with van der Waals surface area (Å²) in [6.07, 6.45) is 16.2. The summed E-state index contributed by atoms with van der Waals surface area (Å²) in [4.78, 5) is 4.75. The first-order chi connectivity index (χ1) is 40.2. The molecule has 0 unspecified atom stereocenters. The molecular weight excluding hydrogens is 1120 g/mol. The predicted molar refractivity (Wildman–Crippen MR) is 377 cm³/mol. The van der Waals surface area contributed by atoms with Crippen molar-refractivity contribution in [2.45, 2.75) is 82.5 Å². The van der Waals surface area contributed by atoms with Gasteiger partial charge < -0.3 is 0 Å². The molecule has 0 saturated heterocycles. The first-order valence-electron chi connectivity index (χ1n) is 29.7. The average Bonchev–Trinajstić information content (AvgIpc) is 3.63. The van der Waals surface area contributed by atoms with Crippen LogP contribution in [0.5, 0.6) is 0 Å². The second kappa shape index (κ2) is 26.1. The van der Waals surface area contributed by atoms with Crippen molar-refractivity contribution in [3.05, 3.63) is 259 Å². The summed E-state index contributed by atoms with van der Waals surface area (Å²) < 4.78 is 3.00. The maximum atomic E-state index is 4.47. The smallest absolute Gasteiger partial charge is 0.0683 e. The van der Waals surface area contributed by atoms with Gasteiger partial charge in [-0.1, -0.05) is 99.8 Å². The third-order valence-electron chi connectivity index (χ3n) is 15.9. The van der Waals surface area contributed by atoms with Gasteiger partial charge in [0.2, 0.25) is 0 Å². The molecule has 83 heavy (non-hydrogen) atoms. The van der Waals surface area contributed by atoms with Crippen LogP contribution in [-0.2, 0) is 0 Å². The van der Waals surface area contributed by atoms with Crippen LogP contribution in [0, 0.1) is 0 Å². The van der Waals surface area contributed by atoms with Crippen LogP contribution in [0.15, 0.2) is 237 Å². The zero-order valence-corrected chi connectivity index (χ0v) is 55.3. The summed E-state index contributed by atoms with van der Waals surface area (Å²) in [7, 11) is 0. The van der Waals surface area contributed by atoms with Gasteiger partial charge in [0, 0.05) is 0 Å². The molecule has 2 nitrogen and oxygen atoms in total. The molecule has 0 aliphatic heterocycles. The number of anilines is 5. The maximum absolute atomic E-state index is 4.47. The molecule has 0 radical (unpaired) electrons. The number of fused-ring (bicyclic) bond motifs is 2. The summed E-state index contributed by atoms with van der Waals surface area (Å²) in [6.45, 7) is 21.6. The molecule has 4 heteroatoms. The van der Waals surface area contributed by atoms with Crippen molar-refractivity contribution in [1.29, 1.82) is 0 Å². The van der Waals surface area contributed by atoms with Crippen molar-refractivity contribution < 1.29 is 0 Å². The van der Waals surface area contributed by atoms with E-state index in [1.165, 1.54) is 63.0 Å². The van der Waals surface area contributed by atoms with Crippen molar-refractivity contribution in [2.24, 2.45) is 0 Å². The molecule has 0 amide bonds. The molecule has 0 aromatic heterocycles. The van der Waals surface area contributed by atoms with Gasteiger partial charge in [-0.25, -0.2) is 0 Å². The molecule has 0 aliphatic rings. The van der Waals surface area contributed by atoms with Crippen molar-refractivity contribution in [3.8, 4) is 44.5 Å². The quantitative estimate of drug-likeness (QED) is 0.0703. The fourth-order valence-corrected chi connectivity index (χ4v) is 16.8. The summed E-state index contributed by atoms with van der Waals surface area (Å²) in [5.74, 6) is 14.7. The second-order valence-electron chi connectivity index (χ2n) is 23.0. The number of hydrogen-bond acceptors (Lipinski definition) is 2. The number of rotatable bonds is 16. The average molecular weight is 1200 g/mol. The standard InChI is InChI=1S/C77H76Ge2N2.C2H6/c1-13-26-60(27-14-2)80(64-50-42-58(43-51-64)78(7,8)9)62-46-38-56(39-47-62)76-68(17-5)66(15-3)74(70-30-22-24-32-72(70)76)54-34-36-55(37-35-54)75-67(16-4)69(18-6)77(73-33-25-23-31-71(73)75)57-40-48-63(49-41-57)81(61-28-20-19-21-29-61)65-52-44-59(45-53-65)79(10,11)12;1-2/h13,15-53H,3,5,14H2,1-2,4,6-12H3;1-2H3/b26-13-,60-27+,67-16+,69-18+;. The molecule has 0 atom stereocenters. The van der Waals surface area contributed by atoms with E-state index >= 15 is 0 Å². The Bertz CT molecular complexity index is 4120. The Labute approximate surface area is 501 Å². The van der Waals surface area contributed by atoms with Crippen molar-refractivity contribution in [1.82, 2.24) is 0 Å². The van der Waals surface area contributed by atoms with Crippen LogP contribution < -0.4 is 29.0 Å². The number of nitrogens with zero attached hydrogens (tertiary/aromatic N) is 2. The van der Waals surface area contributed by atoms with E-state index in [2.05, 4.69) is 316 Å². The first kappa shape index (κ1) is 59.7. The van der Waals surface area contributed by atoms with Crippen LogP contribution in [-0.4, -0.2) is 26.5 Å². The van der Waals surface area contributed by atoms with E-state index in [0.29, 0.717) is 0 Å². The Morgan fingerprint density at radius 3 is 1.06 bits per heavy atom. The molecule has 416 valence electrons. The van der Waals surface area contributed by atoms with Crippen LogP contribution in [0.3, 0.4) is 0 Å². The minimum atomic E-state index is -2.01. The number of hydrogen-bond donors (Lipinski definition) is 0. The van der Waals surface area contributed by atoms with Crippen molar-refractivity contribution in [2.75, 3.05) is 9.80 Å². The van der Waals surface area contributed by atoms with Gasteiger partial charge in [0.25, 0.3) is 0 Å². The summed E-state index contributed by atoms with van der Waals surface area (Å²) in [6, 6.07) is 74.6. The third kappa shape index (κ3) is 12.1. The molecular formula is C79H82Ge2N2. The van der Waals surface area contributed by atoms with E-state index in [9.17, 15) is 0 Å². The van der Waals surface area contributed by atoms with Crippen LogP contribution in [0.2, 0.25) is 34.5 Å². The minimum absolute atomic E-state index is 0.931. The molecule has 10 aromatic rings. The summed E-state index contributed by atoms with van der Waals surface area (Å²) >= 11 is -4.00. The van der Waals surface area contributed by atoms with Crippen molar-refractivity contribution >= 4 is 110 Å². The monoisotopic (exact) mass is 1210 g/mol. The van der Waals surface area contributed by atoms with E-state index in [0.717, 1.165) is 73.9 Å². The second-order valence-corrected chi connectivity index (χ2v) is 44.3. The molecule has 0 fully saturated rings. The molecule has 0 aliphatic carbocycles. The van der Waals surface area contributed by atoms with E-state index in [1.54, 1.807) is 0 Å². The molecule has 0 spiro atoms. The van der Waals surface area contributed by atoms with E-state index in [-0.39, 0.29) is 0 Å². The summed E-state index contributed by atoms with van der Waals surface area (Å²) in [5, 5.41) is 7.26. The third-order valence-corrected chi connectivity index (χ3v) is 24.5. The van der Waals surface area contributed by atoms with Crippen LogP contribution >= 0.6 is 0 Å². The molecule has 10 rings (SSSR count). The Morgan fingerprint density at radius 2 is 0.711 bits per heavy atom. The van der Waals surface area contributed by atoms with Crippen LogP contribution in [0.4, 0.5) is 28.4 Å². The Balaban J connectivity index is 0.00000410. The van der Waals surface area contributed by atoms with Crippen LogP contribution in [0.1, 0.15) is 59.1 Å². The molecule has 0 bridgehead atoms. The zero-order valence-electron chi connectivity index (χ0n) is 51.1. The normalized spacial score (nSPS) is 12.4. The van der Waals surface area contributed by atoms with E-state index in [1.807, 2.05) is 26.0 Å². The van der Waals surface area contributed by atoms with Gasteiger partial charge in [-0.3, -0.25) is 0 Å². The minimum Gasteiger partial charge on any atom is -0.0683 e. The summed E-state index contributed by atoms with van der Waals surface area (Å²) in [5.41, 5.74) is 18.4. The number of benzene rings is 10. The van der Waals surface area contributed by atoms with E-state index in [4.69, 9.17) is 0 Å². The SMILES string of the molecule is C=Cc1c(C=C)c(-c2ccc(N(C(/C=C\C)=C/CC)c3cc[c]([Ge]([CH3])([CH3])[CH3])cc3)cc2)c2ccccc2c1-c1ccc(-c2c(=C/C)/c(=C\C)c(-c3ccc(N(c4ccccc4)c4cc[c]([Ge]([CH3])([CH3])[CH3])cc4)cc3)c3ccccc23)cc1.CC. The number of para-hydroxylation sites is 1. The fourth-order valence-electron chi connectivity index (χ4n) is 11.9. The van der Waals surface area contributed by atoms with Gasteiger partial charge >= 0.3 is 369 Å². The Hall–Kier alpha value is -7.89. The van der Waals surface area contributed by atoms with Crippen molar-refractivity contribution in [3.63, 3.8) is 0 Å². The Morgan fingerprint density at radius 1 is 0.398 bits per heavy atom. The van der Waals surface area contributed by atoms with Crippen LogP contribution in [0.25, 0.3) is 90.4 Å². The number of allylic oxidation sites excluding steroid dienone is 3. The van der Waals surface area contributed by atoms with Gasteiger partial charge in [0.15, 0.2) is 0 Å². The first-order valence-corrected chi connectivity index (χ1v) is 44.4. The molecule has 10 aromatic carbocycles. The van der Waals surface area contributed by atoms with Gasteiger partial charge in [-0.15, -0.1) is 0 Å². The van der Waals surface area contributed by atoms with E-state index < -0.39 is 26.5 Å². The topological polar surface area (TPSA) is 6.48 Å². The predicted octanol–water partition coefficient (Wildman–Crippen LogP) is 21.1.